The van der Waals surface area contributed by atoms with Crippen LogP contribution in [0.4, 0.5) is 4.79 Å². The number of aromatic nitrogens is 1. The number of hydrogen-bond donors (Lipinski definition) is 1. The van der Waals surface area contributed by atoms with Crippen molar-refractivity contribution in [3.8, 4) is 0 Å². The van der Waals surface area contributed by atoms with E-state index in [1.54, 1.807) is 31.5 Å². The Bertz CT molecular complexity index is 329. The lowest BCUT2D eigenvalue weighted by molar-refractivity contribution is -0.0316. The zero-order valence-electron chi connectivity index (χ0n) is 8.77. The van der Waals surface area contributed by atoms with E-state index in [4.69, 9.17) is 15.2 Å². The fourth-order valence-corrected chi connectivity index (χ4v) is 1.34. The first-order valence-electron chi connectivity index (χ1n) is 4.46. The van der Waals surface area contributed by atoms with Crippen LogP contribution in [0.25, 0.3) is 0 Å². The van der Waals surface area contributed by atoms with Crippen LogP contribution in [0.5, 0.6) is 0 Å². The molecular formula is C10H14N2O3. The molecule has 1 unspecified atom stereocenters. The Labute approximate surface area is 88.2 Å². The van der Waals surface area contributed by atoms with Gasteiger partial charge in [0.05, 0.1) is 6.61 Å². The van der Waals surface area contributed by atoms with Crippen molar-refractivity contribution in [2.45, 2.75) is 12.5 Å². The summed E-state index contributed by atoms with van der Waals surface area (Å²) in [5, 5.41) is 0. The third kappa shape index (κ3) is 2.92. The molecule has 2 N–H and O–H groups in total. The van der Waals surface area contributed by atoms with E-state index in [-0.39, 0.29) is 6.61 Å². The summed E-state index contributed by atoms with van der Waals surface area (Å²) in [5.41, 5.74) is 4.86. The number of nitrogens with zero attached hydrogens (tertiary/aromatic N) is 1. The molecule has 0 saturated heterocycles. The van der Waals surface area contributed by atoms with Crippen LogP contribution in [0.15, 0.2) is 24.5 Å². The van der Waals surface area contributed by atoms with Gasteiger partial charge < -0.3 is 15.2 Å². The summed E-state index contributed by atoms with van der Waals surface area (Å²) in [7, 11) is 1.53. The van der Waals surface area contributed by atoms with Crippen LogP contribution in [0.1, 0.15) is 12.5 Å². The van der Waals surface area contributed by atoms with E-state index in [1.807, 2.05) is 0 Å². The predicted molar refractivity (Wildman–Crippen MR) is 54.1 cm³/mol. The van der Waals surface area contributed by atoms with Gasteiger partial charge in [-0.1, -0.05) is 6.07 Å². The summed E-state index contributed by atoms with van der Waals surface area (Å²) < 4.78 is 10.0. The molecule has 82 valence electrons. The number of primary amides is 1. The highest BCUT2D eigenvalue weighted by Crippen LogP contribution is 2.24. The van der Waals surface area contributed by atoms with Gasteiger partial charge in [0, 0.05) is 25.1 Å². The van der Waals surface area contributed by atoms with E-state index in [0.29, 0.717) is 0 Å². The topological polar surface area (TPSA) is 74.4 Å². The number of carbonyl (C=O) groups excluding carboxylic acids is 1. The van der Waals surface area contributed by atoms with E-state index >= 15 is 0 Å². The minimum atomic E-state index is -0.894. The smallest absolute Gasteiger partial charge is 0.405 e. The molecule has 1 amide bonds. The number of rotatable bonds is 4. The van der Waals surface area contributed by atoms with Gasteiger partial charge in [-0.2, -0.15) is 0 Å². The second-order valence-corrected chi connectivity index (χ2v) is 3.33. The molecular weight excluding hydrogens is 196 g/mol. The van der Waals surface area contributed by atoms with Crippen LogP contribution in [-0.4, -0.2) is 24.8 Å². The minimum Gasteiger partial charge on any atom is -0.436 e. The molecule has 0 fully saturated rings. The first kappa shape index (κ1) is 11.5. The quantitative estimate of drug-likeness (QED) is 0.805. The van der Waals surface area contributed by atoms with E-state index < -0.39 is 11.7 Å². The maximum Gasteiger partial charge on any atom is 0.405 e. The number of methoxy groups -OCH3 is 1. The van der Waals surface area contributed by atoms with E-state index in [0.717, 1.165) is 5.56 Å². The molecule has 1 aromatic rings. The Morgan fingerprint density at radius 1 is 1.67 bits per heavy atom. The summed E-state index contributed by atoms with van der Waals surface area (Å²) in [6.07, 6.45) is 2.42. The highest BCUT2D eigenvalue weighted by atomic mass is 16.6. The van der Waals surface area contributed by atoms with Crippen LogP contribution in [0, 0.1) is 0 Å². The third-order valence-electron chi connectivity index (χ3n) is 2.02. The lowest BCUT2D eigenvalue weighted by Crippen LogP contribution is -2.36. The minimum absolute atomic E-state index is 0.224. The van der Waals surface area contributed by atoms with E-state index in [9.17, 15) is 4.79 Å². The van der Waals surface area contributed by atoms with E-state index in [2.05, 4.69) is 4.98 Å². The van der Waals surface area contributed by atoms with Gasteiger partial charge in [0.25, 0.3) is 0 Å². The number of pyridine rings is 1. The van der Waals surface area contributed by atoms with Crippen LogP contribution in [-0.2, 0) is 15.1 Å². The first-order chi connectivity index (χ1) is 7.08. The Morgan fingerprint density at radius 3 is 2.87 bits per heavy atom. The summed E-state index contributed by atoms with van der Waals surface area (Å²) in [4.78, 5) is 14.7. The number of hydrogen-bond acceptors (Lipinski definition) is 4. The normalized spacial score (nSPS) is 14.3. The number of carbonyl (C=O) groups is 1. The van der Waals surface area contributed by atoms with Crippen LogP contribution in [0.2, 0.25) is 0 Å². The fourth-order valence-electron chi connectivity index (χ4n) is 1.34. The van der Waals surface area contributed by atoms with Crippen LogP contribution in [0.3, 0.4) is 0 Å². The number of amides is 1. The molecule has 0 aliphatic rings. The second kappa shape index (κ2) is 4.75. The van der Waals surface area contributed by atoms with Crippen molar-refractivity contribution < 1.29 is 14.3 Å². The number of nitrogens with two attached hydrogens (primary N) is 1. The largest absolute Gasteiger partial charge is 0.436 e. The van der Waals surface area contributed by atoms with Gasteiger partial charge in [-0.15, -0.1) is 0 Å². The molecule has 0 aliphatic carbocycles. The SMILES string of the molecule is COCC(C)(OC(N)=O)c1cccnc1. The van der Waals surface area contributed by atoms with Crippen molar-refractivity contribution in [1.82, 2.24) is 4.98 Å². The summed E-state index contributed by atoms with van der Waals surface area (Å²) in [6.45, 7) is 1.94. The molecule has 15 heavy (non-hydrogen) atoms. The summed E-state index contributed by atoms with van der Waals surface area (Å²) >= 11 is 0. The molecule has 0 aromatic carbocycles. The highest BCUT2D eigenvalue weighted by molar-refractivity contribution is 5.65. The fraction of sp³-hybridized carbons (Fsp3) is 0.400. The van der Waals surface area contributed by atoms with Crippen LogP contribution < -0.4 is 5.73 Å². The lowest BCUT2D eigenvalue weighted by Gasteiger charge is -2.27. The second-order valence-electron chi connectivity index (χ2n) is 3.33. The Kier molecular flexibility index (Phi) is 3.62. The van der Waals surface area contributed by atoms with Crippen molar-refractivity contribution in [3.63, 3.8) is 0 Å². The van der Waals surface area contributed by atoms with Crippen LogP contribution >= 0.6 is 0 Å². The average Bonchev–Trinajstić information content (AvgIpc) is 2.18. The van der Waals surface area contributed by atoms with Gasteiger partial charge in [0.1, 0.15) is 0 Å². The molecule has 0 aliphatic heterocycles. The zero-order valence-corrected chi connectivity index (χ0v) is 8.77. The third-order valence-corrected chi connectivity index (χ3v) is 2.02. The first-order valence-corrected chi connectivity index (χ1v) is 4.46. The van der Waals surface area contributed by atoms with Crippen molar-refractivity contribution in [2.75, 3.05) is 13.7 Å². The summed E-state index contributed by atoms with van der Waals surface area (Å²) in [6, 6.07) is 3.56. The number of ether oxygens (including phenoxy) is 2. The van der Waals surface area contributed by atoms with Gasteiger partial charge in [-0.05, 0) is 13.0 Å². The van der Waals surface area contributed by atoms with Crippen molar-refractivity contribution in [1.29, 1.82) is 0 Å². The van der Waals surface area contributed by atoms with Gasteiger partial charge >= 0.3 is 6.09 Å². The molecule has 0 bridgehead atoms. The van der Waals surface area contributed by atoms with Gasteiger partial charge in [0.2, 0.25) is 0 Å². The predicted octanol–water partition coefficient (Wildman–Crippen LogP) is 1.04. The lowest BCUT2D eigenvalue weighted by atomic mass is 9.99. The molecule has 1 atom stereocenters. The molecule has 0 radical (unpaired) electrons. The molecule has 1 rings (SSSR count). The Morgan fingerprint density at radius 2 is 2.40 bits per heavy atom. The maximum atomic E-state index is 10.8. The van der Waals surface area contributed by atoms with Crippen molar-refractivity contribution in [3.05, 3.63) is 30.1 Å². The molecule has 5 nitrogen and oxygen atoms in total. The maximum absolute atomic E-state index is 10.8. The zero-order chi connectivity index (χ0) is 11.3. The summed E-state index contributed by atoms with van der Waals surface area (Å²) in [5.74, 6) is 0. The molecule has 1 heterocycles. The molecule has 0 spiro atoms. The Balaban J connectivity index is 2.95. The van der Waals surface area contributed by atoms with Gasteiger partial charge in [-0.25, -0.2) is 4.79 Å². The van der Waals surface area contributed by atoms with Gasteiger partial charge in [-0.3, -0.25) is 4.98 Å². The van der Waals surface area contributed by atoms with E-state index in [1.165, 1.54) is 7.11 Å². The molecule has 0 saturated carbocycles. The molecule has 1 aromatic heterocycles. The van der Waals surface area contributed by atoms with Gasteiger partial charge in [0.15, 0.2) is 5.60 Å². The average molecular weight is 210 g/mol. The monoisotopic (exact) mass is 210 g/mol. The van der Waals surface area contributed by atoms with Crippen molar-refractivity contribution >= 4 is 6.09 Å². The highest BCUT2D eigenvalue weighted by Gasteiger charge is 2.30. The Hall–Kier alpha value is -1.62. The molecule has 5 heteroatoms. The standard InChI is InChI=1S/C10H14N2O3/c1-10(7-14-2,15-9(11)13)8-4-3-5-12-6-8/h3-6H,7H2,1-2H3,(H2,11,13). The van der Waals surface area contributed by atoms with Crippen molar-refractivity contribution in [2.24, 2.45) is 5.73 Å².